The first kappa shape index (κ1) is 26.6. The van der Waals surface area contributed by atoms with E-state index in [9.17, 15) is 5.11 Å². The molecular weight excluding hydrogens is 298 g/mol. The van der Waals surface area contributed by atoms with Crippen molar-refractivity contribution in [3.8, 4) is 12.8 Å². The van der Waals surface area contributed by atoms with Crippen molar-refractivity contribution in [3.05, 3.63) is 61.6 Å². The van der Waals surface area contributed by atoms with E-state index < -0.39 is 6.10 Å². The van der Waals surface area contributed by atoms with Gasteiger partial charge in [-0.1, -0.05) is 38.2 Å². The predicted molar refractivity (Wildman–Crippen MR) is 108 cm³/mol. The highest BCUT2D eigenvalue weighted by Crippen LogP contribution is 2.12. The van der Waals surface area contributed by atoms with Crippen molar-refractivity contribution in [3.63, 3.8) is 0 Å². The molecule has 3 heteroatoms. The number of nitrogens with zero attached hydrogens (tertiary/aromatic N) is 1. The van der Waals surface area contributed by atoms with Crippen molar-refractivity contribution >= 4 is 5.71 Å². The molecule has 1 unspecified atom stereocenters. The maximum absolute atomic E-state index is 9.85. The number of aliphatic hydroxyl groups is 1. The van der Waals surface area contributed by atoms with Crippen LogP contribution in [0.2, 0.25) is 0 Å². The van der Waals surface area contributed by atoms with Gasteiger partial charge in [0.25, 0.3) is 0 Å². The van der Waals surface area contributed by atoms with E-state index >= 15 is 0 Å². The molecule has 0 aliphatic carbocycles. The van der Waals surface area contributed by atoms with Crippen LogP contribution in [0.5, 0.6) is 0 Å². The standard InChI is InChI=1S/C17H27NO2.C2H4.C2H2/c1-6-8-9-17(14(3)4)20-13-16(19)11-10-15(5)18-12-7-2;2*1-2/h6-12,14,16,19H,13H2,1-5H3;1-2H2;1-2H/b8-6-,11-10+,12-7-,17-9+,18-15+;;. The van der Waals surface area contributed by atoms with E-state index in [4.69, 9.17) is 4.74 Å². The van der Waals surface area contributed by atoms with Crippen molar-refractivity contribution < 1.29 is 9.84 Å². The highest BCUT2D eigenvalue weighted by atomic mass is 16.5. The molecule has 3 nitrogen and oxygen atoms in total. The van der Waals surface area contributed by atoms with Crippen LogP contribution in [-0.4, -0.2) is 23.5 Å². The highest BCUT2D eigenvalue weighted by Gasteiger charge is 2.06. The summed E-state index contributed by atoms with van der Waals surface area (Å²) in [6.07, 6.45) is 20.2. The van der Waals surface area contributed by atoms with Crippen molar-refractivity contribution in [1.29, 1.82) is 0 Å². The average Bonchev–Trinajstić information content (AvgIpc) is 2.61. The van der Waals surface area contributed by atoms with E-state index in [1.807, 2.05) is 45.1 Å². The summed E-state index contributed by atoms with van der Waals surface area (Å²) in [5, 5.41) is 9.85. The Labute approximate surface area is 148 Å². The molecule has 0 aromatic heterocycles. The van der Waals surface area contributed by atoms with Gasteiger partial charge in [0.1, 0.15) is 12.7 Å². The van der Waals surface area contributed by atoms with Gasteiger partial charge in [-0.15, -0.1) is 26.0 Å². The third-order valence-corrected chi connectivity index (χ3v) is 2.43. The Kier molecular flexibility index (Phi) is 22.9. The minimum Gasteiger partial charge on any atom is -0.495 e. The van der Waals surface area contributed by atoms with Crippen molar-refractivity contribution in [2.75, 3.05) is 6.61 Å². The first-order chi connectivity index (χ1) is 11.5. The summed E-state index contributed by atoms with van der Waals surface area (Å²) < 4.78 is 5.64. The predicted octanol–water partition coefficient (Wildman–Crippen LogP) is 5.08. The lowest BCUT2D eigenvalue weighted by atomic mass is 10.1. The fourth-order valence-corrected chi connectivity index (χ4v) is 1.32. The molecule has 0 fully saturated rings. The number of aliphatic hydroxyl groups excluding tert-OH is 1. The zero-order valence-electron chi connectivity index (χ0n) is 15.8. The van der Waals surface area contributed by atoms with Gasteiger partial charge in [-0.3, -0.25) is 4.99 Å². The van der Waals surface area contributed by atoms with Crippen LogP contribution in [0.4, 0.5) is 0 Å². The largest absolute Gasteiger partial charge is 0.495 e. The number of aliphatic imine (C=N–C) groups is 1. The fraction of sp³-hybridized carbons (Fsp3) is 0.381. The van der Waals surface area contributed by atoms with Crippen LogP contribution >= 0.6 is 0 Å². The zero-order valence-corrected chi connectivity index (χ0v) is 15.8. The number of hydrogen-bond acceptors (Lipinski definition) is 3. The Morgan fingerprint density at radius 2 is 1.79 bits per heavy atom. The summed E-state index contributed by atoms with van der Waals surface area (Å²) in [7, 11) is 0. The molecule has 1 N–H and O–H groups in total. The fourth-order valence-electron chi connectivity index (χ4n) is 1.32. The number of terminal acetylenes is 1. The summed E-state index contributed by atoms with van der Waals surface area (Å²) >= 11 is 0. The van der Waals surface area contributed by atoms with Crippen molar-refractivity contribution in [2.45, 2.75) is 40.7 Å². The molecule has 0 rings (SSSR count). The molecule has 0 spiro atoms. The van der Waals surface area contributed by atoms with Gasteiger partial charge in [-0.25, -0.2) is 0 Å². The molecular formula is C21H33NO2. The molecule has 24 heavy (non-hydrogen) atoms. The molecule has 0 amide bonds. The minimum atomic E-state index is -0.640. The molecule has 0 bridgehead atoms. The van der Waals surface area contributed by atoms with E-state index in [0.717, 1.165) is 11.5 Å². The smallest absolute Gasteiger partial charge is 0.117 e. The Bertz CT molecular complexity index is 452. The molecule has 0 saturated carbocycles. The van der Waals surface area contributed by atoms with Crippen LogP contribution in [0.15, 0.2) is 66.6 Å². The Balaban J connectivity index is -0.00000102. The lowest BCUT2D eigenvalue weighted by Crippen LogP contribution is -2.14. The summed E-state index contributed by atoms with van der Waals surface area (Å²) in [5.41, 5.74) is 0.843. The molecule has 0 aromatic rings. The molecule has 0 saturated heterocycles. The summed E-state index contributed by atoms with van der Waals surface area (Å²) in [6.45, 7) is 16.1. The molecule has 0 aliphatic heterocycles. The van der Waals surface area contributed by atoms with Gasteiger partial charge in [-0.2, -0.15) is 0 Å². The molecule has 1 atom stereocenters. The Hall–Kier alpha value is -2.31. The monoisotopic (exact) mass is 331 g/mol. The maximum atomic E-state index is 9.85. The summed E-state index contributed by atoms with van der Waals surface area (Å²) in [5.74, 6) is 1.16. The second-order valence-electron chi connectivity index (χ2n) is 4.74. The molecule has 0 heterocycles. The topological polar surface area (TPSA) is 41.8 Å². The van der Waals surface area contributed by atoms with Crippen molar-refractivity contribution in [1.82, 2.24) is 0 Å². The minimum absolute atomic E-state index is 0.245. The highest BCUT2D eigenvalue weighted by molar-refractivity contribution is 5.93. The van der Waals surface area contributed by atoms with Gasteiger partial charge in [0.05, 0.1) is 5.76 Å². The Morgan fingerprint density at radius 1 is 1.21 bits per heavy atom. The van der Waals surface area contributed by atoms with E-state index in [1.54, 1.807) is 18.4 Å². The summed E-state index contributed by atoms with van der Waals surface area (Å²) in [4.78, 5) is 4.16. The van der Waals surface area contributed by atoms with Gasteiger partial charge in [0.15, 0.2) is 0 Å². The first-order valence-corrected chi connectivity index (χ1v) is 7.82. The Morgan fingerprint density at radius 3 is 2.25 bits per heavy atom. The van der Waals surface area contributed by atoms with Gasteiger partial charge < -0.3 is 9.84 Å². The first-order valence-electron chi connectivity index (χ1n) is 7.82. The quantitative estimate of drug-likeness (QED) is 0.221. The van der Waals surface area contributed by atoms with Gasteiger partial charge in [0.2, 0.25) is 0 Å². The average molecular weight is 332 g/mol. The number of ether oxygens (including phenoxy) is 1. The third kappa shape index (κ3) is 17.7. The van der Waals surface area contributed by atoms with Gasteiger partial charge in [-0.05, 0) is 32.9 Å². The van der Waals surface area contributed by atoms with E-state index in [-0.39, 0.29) is 6.61 Å². The lowest BCUT2D eigenvalue weighted by molar-refractivity contribution is 0.0902. The van der Waals surface area contributed by atoms with Gasteiger partial charge in [0, 0.05) is 17.8 Å². The second-order valence-corrected chi connectivity index (χ2v) is 4.74. The number of rotatable bonds is 8. The third-order valence-electron chi connectivity index (χ3n) is 2.43. The van der Waals surface area contributed by atoms with Gasteiger partial charge >= 0.3 is 0 Å². The second kappa shape index (κ2) is 20.7. The molecule has 0 radical (unpaired) electrons. The maximum Gasteiger partial charge on any atom is 0.117 e. The lowest BCUT2D eigenvalue weighted by Gasteiger charge is -2.15. The van der Waals surface area contributed by atoms with Crippen LogP contribution in [0.1, 0.15) is 34.6 Å². The zero-order chi connectivity index (χ0) is 19.4. The van der Waals surface area contributed by atoms with Crippen LogP contribution in [0.3, 0.4) is 0 Å². The molecule has 0 aromatic carbocycles. The van der Waals surface area contributed by atoms with E-state index in [0.29, 0.717) is 5.92 Å². The van der Waals surface area contributed by atoms with Crippen LogP contribution in [-0.2, 0) is 4.74 Å². The SMILES string of the molecule is C#C.C/C=C\C=C(\OCC(O)/C=C/C(C)=N/C=C\C)C(C)C.C=C. The van der Waals surface area contributed by atoms with E-state index in [1.165, 1.54) is 0 Å². The van der Waals surface area contributed by atoms with Crippen LogP contribution in [0.25, 0.3) is 0 Å². The van der Waals surface area contributed by atoms with Crippen molar-refractivity contribution in [2.24, 2.45) is 10.9 Å². The summed E-state index contributed by atoms with van der Waals surface area (Å²) in [6, 6.07) is 0. The van der Waals surface area contributed by atoms with E-state index in [2.05, 4.69) is 44.8 Å². The number of hydrogen-bond donors (Lipinski definition) is 1. The van der Waals surface area contributed by atoms with Crippen LogP contribution in [0, 0.1) is 18.8 Å². The number of allylic oxidation sites excluding steroid dienone is 6. The normalized spacial score (nSPS) is 13.5. The molecule has 0 aliphatic rings. The van der Waals surface area contributed by atoms with Crippen LogP contribution < -0.4 is 0 Å². The molecule has 134 valence electrons.